The highest BCUT2D eigenvalue weighted by molar-refractivity contribution is 5.70. The van der Waals surface area contributed by atoms with Gasteiger partial charge in [-0.2, -0.15) is 0 Å². The summed E-state index contributed by atoms with van der Waals surface area (Å²) in [5.41, 5.74) is 0. The highest BCUT2D eigenvalue weighted by Gasteiger charge is 2.32. The number of allylic oxidation sites excluding steroid dienone is 2. The molecule has 2 unspecified atom stereocenters. The lowest BCUT2D eigenvalue weighted by Crippen LogP contribution is -2.33. The molecule has 4 nitrogen and oxygen atoms in total. The minimum atomic E-state index is -1.53. The molecule has 0 fully saturated rings. The summed E-state index contributed by atoms with van der Waals surface area (Å²) in [5.74, 6) is -2.18. The number of carboxylic acid groups (broad SMARTS) is 1. The lowest BCUT2D eigenvalue weighted by atomic mass is 9.83. The Morgan fingerprint density at radius 3 is 2.33 bits per heavy atom. The van der Waals surface area contributed by atoms with Crippen LogP contribution < -0.4 is 0 Å². The van der Waals surface area contributed by atoms with Gasteiger partial charge in [0.25, 0.3) is 0 Å². The van der Waals surface area contributed by atoms with Crippen LogP contribution in [0.15, 0.2) is 12.2 Å². The van der Waals surface area contributed by atoms with Crippen molar-refractivity contribution in [3.63, 3.8) is 0 Å². The number of hydrogen-bond donors (Lipinski definition) is 3. The van der Waals surface area contributed by atoms with Gasteiger partial charge in [-0.15, -0.1) is 0 Å². The third-order valence-electron chi connectivity index (χ3n) is 2.18. The Bertz CT molecular complexity index is 197. The van der Waals surface area contributed by atoms with E-state index in [-0.39, 0.29) is 0 Å². The summed E-state index contributed by atoms with van der Waals surface area (Å²) in [6, 6.07) is 0. The molecule has 0 amide bonds. The van der Waals surface area contributed by atoms with Gasteiger partial charge in [0.2, 0.25) is 0 Å². The quantitative estimate of drug-likeness (QED) is 0.403. The van der Waals surface area contributed by atoms with Crippen LogP contribution in [0, 0.1) is 11.8 Å². The van der Waals surface area contributed by atoms with Crippen LogP contribution in [0.1, 0.15) is 12.8 Å². The van der Waals surface area contributed by atoms with Crippen LogP contribution >= 0.6 is 0 Å². The van der Waals surface area contributed by atoms with Crippen molar-refractivity contribution in [3.05, 3.63) is 12.2 Å². The smallest absolute Gasteiger partial charge is 0.307 e. The molecule has 0 heterocycles. The first-order valence-electron chi connectivity index (χ1n) is 3.87. The van der Waals surface area contributed by atoms with Crippen molar-refractivity contribution in [1.82, 2.24) is 0 Å². The molecule has 1 rings (SSSR count). The van der Waals surface area contributed by atoms with Gasteiger partial charge in [0.1, 0.15) is 0 Å². The standard InChI is InChI=1S/C8H12O4/c9-7(10)5-3-1-2-4-6(5)8(11)12/h1-2,5-7,9-10H,3-4H2,(H,11,12). The molecular formula is C8H12O4. The van der Waals surface area contributed by atoms with Crippen LogP contribution in [0.3, 0.4) is 0 Å². The molecule has 12 heavy (non-hydrogen) atoms. The van der Waals surface area contributed by atoms with Crippen molar-refractivity contribution in [3.8, 4) is 0 Å². The second-order valence-corrected chi connectivity index (χ2v) is 2.97. The zero-order chi connectivity index (χ0) is 9.14. The molecule has 4 heteroatoms. The van der Waals surface area contributed by atoms with Gasteiger partial charge in [-0.3, -0.25) is 4.79 Å². The topological polar surface area (TPSA) is 77.8 Å². The molecule has 1 aliphatic rings. The van der Waals surface area contributed by atoms with Crippen molar-refractivity contribution in [2.24, 2.45) is 11.8 Å². The highest BCUT2D eigenvalue weighted by Crippen LogP contribution is 2.27. The monoisotopic (exact) mass is 172 g/mol. The Balaban J connectivity index is 2.69. The Labute approximate surface area is 70.1 Å². The van der Waals surface area contributed by atoms with Crippen LogP contribution in [0.4, 0.5) is 0 Å². The maximum Gasteiger partial charge on any atom is 0.307 e. The molecule has 0 aliphatic heterocycles. The van der Waals surface area contributed by atoms with E-state index in [1.54, 1.807) is 12.2 Å². The second-order valence-electron chi connectivity index (χ2n) is 2.97. The van der Waals surface area contributed by atoms with Crippen LogP contribution in [-0.2, 0) is 4.79 Å². The van der Waals surface area contributed by atoms with Gasteiger partial charge in [0, 0.05) is 5.92 Å². The van der Waals surface area contributed by atoms with Gasteiger partial charge >= 0.3 is 5.97 Å². The molecule has 0 saturated heterocycles. The number of aliphatic hydroxyl groups excluding tert-OH is 1. The molecule has 0 radical (unpaired) electrons. The predicted octanol–water partition coefficient (Wildman–Crippen LogP) is -0.0359. The van der Waals surface area contributed by atoms with E-state index in [1.165, 1.54) is 0 Å². The van der Waals surface area contributed by atoms with E-state index in [4.69, 9.17) is 15.3 Å². The van der Waals surface area contributed by atoms with E-state index in [2.05, 4.69) is 0 Å². The Hall–Kier alpha value is -0.870. The van der Waals surface area contributed by atoms with Crippen molar-refractivity contribution in [2.45, 2.75) is 19.1 Å². The average Bonchev–Trinajstić information content (AvgIpc) is 2.04. The summed E-state index contributed by atoms with van der Waals surface area (Å²) in [7, 11) is 0. The van der Waals surface area contributed by atoms with E-state index in [0.29, 0.717) is 12.8 Å². The molecule has 0 spiro atoms. The molecule has 0 aromatic heterocycles. The van der Waals surface area contributed by atoms with Crippen LogP contribution in [0.25, 0.3) is 0 Å². The molecule has 68 valence electrons. The number of carboxylic acids is 1. The van der Waals surface area contributed by atoms with Crippen molar-refractivity contribution < 1.29 is 20.1 Å². The van der Waals surface area contributed by atoms with Gasteiger partial charge in [-0.25, -0.2) is 0 Å². The van der Waals surface area contributed by atoms with Crippen LogP contribution in [0.5, 0.6) is 0 Å². The summed E-state index contributed by atoms with van der Waals surface area (Å²) in [6.07, 6.45) is 2.82. The molecule has 0 aromatic carbocycles. The normalized spacial score (nSPS) is 29.2. The van der Waals surface area contributed by atoms with E-state index in [0.717, 1.165) is 0 Å². The molecule has 1 aliphatic carbocycles. The minimum absolute atomic E-state index is 0.387. The Kier molecular flexibility index (Phi) is 2.83. The highest BCUT2D eigenvalue weighted by atomic mass is 16.5. The van der Waals surface area contributed by atoms with Crippen molar-refractivity contribution in [1.29, 1.82) is 0 Å². The van der Waals surface area contributed by atoms with E-state index in [9.17, 15) is 4.79 Å². The first-order valence-corrected chi connectivity index (χ1v) is 3.87. The largest absolute Gasteiger partial charge is 0.481 e. The summed E-state index contributed by atoms with van der Waals surface area (Å²) in [6.45, 7) is 0. The minimum Gasteiger partial charge on any atom is -0.481 e. The van der Waals surface area contributed by atoms with Gasteiger partial charge in [-0.05, 0) is 12.8 Å². The van der Waals surface area contributed by atoms with Gasteiger partial charge < -0.3 is 15.3 Å². The maximum atomic E-state index is 10.6. The second kappa shape index (κ2) is 3.69. The summed E-state index contributed by atoms with van der Waals surface area (Å²) in [4.78, 5) is 10.6. The third kappa shape index (κ3) is 1.84. The molecule has 3 N–H and O–H groups in total. The Morgan fingerprint density at radius 2 is 1.92 bits per heavy atom. The fourth-order valence-electron chi connectivity index (χ4n) is 1.45. The lowest BCUT2D eigenvalue weighted by Gasteiger charge is -2.26. The molecule has 0 saturated carbocycles. The fourth-order valence-corrected chi connectivity index (χ4v) is 1.45. The summed E-state index contributed by atoms with van der Waals surface area (Å²) < 4.78 is 0. The number of carbonyl (C=O) groups is 1. The zero-order valence-corrected chi connectivity index (χ0v) is 6.55. The first-order chi connectivity index (χ1) is 5.63. The molecule has 2 atom stereocenters. The van der Waals surface area contributed by atoms with Gasteiger partial charge in [0.05, 0.1) is 5.92 Å². The number of rotatable bonds is 2. The number of aliphatic carboxylic acids is 1. The van der Waals surface area contributed by atoms with E-state index < -0.39 is 24.1 Å². The lowest BCUT2D eigenvalue weighted by molar-refractivity contribution is -0.154. The van der Waals surface area contributed by atoms with Gasteiger partial charge in [-0.1, -0.05) is 12.2 Å². The first kappa shape index (κ1) is 9.22. The summed E-state index contributed by atoms with van der Waals surface area (Å²) >= 11 is 0. The zero-order valence-electron chi connectivity index (χ0n) is 6.55. The van der Waals surface area contributed by atoms with Crippen LogP contribution in [-0.4, -0.2) is 27.6 Å². The molecule has 0 aromatic rings. The maximum absolute atomic E-state index is 10.6. The molecule has 0 bridgehead atoms. The average molecular weight is 172 g/mol. The van der Waals surface area contributed by atoms with E-state index in [1.807, 2.05) is 0 Å². The Morgan fingerprint density at radius 1 is 1.33 bits per heavy atom. The third-order valence-corrected chi connectivity index (χ3v) is 2.18. The van der Waals surface area contributed by atoms with Crippen LogP contribution in [0.2, 0.25) is 0 Å². The fraction of sp³-hybridized carbons (Fsp3) is 0.625. The number of hydrogen-bond acceptors (Lipinski definition) is 3. The van der Waals surface area contributed by atoms with Crippen molar-refractivity contribution in [2.75, 3.05) is 0 Å². The number of aliphatic hydroxyl groups is 2. The predicted molar refractivity (Wildman–Crippen MR) is 41.2 cm³/mol. The molecular weight excluding hydrogens is 160 g/mol. The SMILES string of the molecule is O=C(O)C1CC=CCC1C(O)O. The van der Waals surface area contributed by atoms with Gasteiger partial charge in [0.15, 0.2) is 6.29 Å². The summed E-state index contributed by atoms with van der Waals surface area (Å²) in [5, 5.41) is 26.4. The van der Waals surface area contributed by atoms with E-state index >= 15 is 0 Å². The van der Waals surface area contributed by atoms with Crippen molar-refractivity contribution >= 4 is 5.97 Å².